The molecule has 78 valence electrons. The summed E-state index contributed by atoms with van der Waals surface area (Å²) in [5.41, 5.74) is 2.22. The van der Waals surface area contributed by atoms with Crippen LogP contribution in [0.25, 0.3) is 0 Å². The highest BCUT2D eigenvalue weighted by atomic mass is 79.9. The summed E-state index contributed by atoms with van der Waals surface area (Å²) in [5, 5.41) is 0.995. The van der Waals surface area contributed by atoms with Gasteiger partial charge in [0.1, 0.15) is 0 Å². The molecule has 0 aromatic carbocycles. The van der Waals surface area contributed by atoms with Crippen molar-refractivity contribution in [2.75, 3.05) is 12.4 Å². The van der Waals surface area contributed by atoms with Gasteiger partial charge in [-0.15, -0.1) is 0 Å². The number of nitrogens with zero attached hydrogens (tertiary/aromatic N) is 2. The van der Waals surface area contributed by atoms with Gasteiger partial charge in [0.05, 0.1) is 5.69 Å². The minimum Gasteiger partial charge on any atom is -0.297 e. The lowest BCUT2D eigenvalue weighted by Gasteiger charge is -2.22. The Hall–Kier alpha value is -0.410. The van der Waals surface area contributed by atoms with Crippen molar-refractivity contribution in [3.05, 3.63) is 29.6 Å². The lowest BCUT2D eigenvalue weighted by atomic mass is 10.2. The van der Waals surface area contributed by atoms with Crippen LogP contribution in [-0.4, -0.2) is 28.3 Å². The molecule has 0 fully saturated rings. The molecule has 0 aliphatic heterocycles. The van der Waals surface area contributed by atoms with Crippen LogP contribution >= 0.6 is 15.9 Å². The van der Waals surface area contributed by atoms with E-state index in [0.29, 0.717) is 6.04 Å². The van der Waals surface area contributed by atoms with Crippen molar-refractivity contribution in [1.29, 1.82) is 0 Å². The molecule has 1 aromatic heterocycles. The number of halogens is 1. The zero-order chi connectivity index (χ0) is 10.6. The van der Waals surface area contributed by atoms with Crippen molar-refractivity contribution in [1.82, 2.24) is 9.88 Å². The first-order valence-electron chi connectivity index (χ1n) is 4.82. The summed E-state index contributed by atoms with van der Waals surface area (Å²) >= 11 is 3.48. The third-order valence-corrected chi connectivity index (χ3v) is 3.27. The van der Waals surface area contributed by atoms with Gasteiger partial charge in [-0.3, -0.25) is 9.88 Å². The first kappa shape index (κ1) is 11.7. The van der Waals surface area contributed by atoms with Gasteiger partial charge in [0.15, 0.2) is 0 Å². The Kier molecular flexibility index (Phi) is 4.55. The van der Waals surface area contributed by atoms with Gasteiger partial charge in [0, 0.05) is 23.6 Å². The lowest BCUT2D eigenvalue weighted by Crippen LogP contribution is -2.30. The minimum atomic E-state index is 0.539. The highest BCUT2D eigenvalue weighted by Crippen LogP contribution is 2.06. The summed E-state index contributed by atoms with van der Waals surface area (Å²) in [6.45, 7) is 5.14. The highest BCUT2D eigenvalue weighted by Gasteiger charge is 2.08. The maximum absolute atomic E-state index is 4.47. The summed E-state index contributed by atoms with van der Waals surface area (Å²) in [6, 6.07) is 6.70. The Morgan fingerprint density at radius 1 is 1.50 bits per heavy atom. The fourth-order valence-electron chi connectivity index (χ4n) is 1.22. The Labute approximate surface area is 94.5 Å². The molecule has 1 aromatic rings. The van der Waals surface area contributed by atoms with Gasteiger partial charge in [-0.25, -0.2) is 0 Å². The van der Waals surface area contributed by atoms with Gasteiger partial charge in [0.2, 0.25) is 0 Å². The van der Waals surface area contributed by atoms with Gasteiger partial charge in [-0.2, -0.15) is 0 Å². The van der Waals surface area contributed by atoms with Crippen LogP contribution in [0.5, 0.6) is 0 Å². The predicted molar refractivity (Wildman–Crippen MR) is 63.7 cm³/mol. The highest BCUT2D eigenvalue weighted by molar-refractivity contribution is 9.09. The number of hydrogen-bond acceptors (Lipinski definition) is 2. The van der Waals surface area contributed by atoms with Crippen LogP contribution < -0.4 is 0 Å². The monoisotopic (exact) mass is 256 g/mol. The van der Waals surface area contributed by atoms with Crippen LogP contribution in [0.3, 0.4) is 0 Å². The second-order valence-corrected chi connectivity index (χ2v) is 4.34. The van der Waals surface area contributed by atoms with Crippen LogP contribution in [0, 0.1) is 6.92 Å². The standard InChI is InChI=1S/C11H17BrN2/c1-9-5-4-6-11(13-9)8-14(3)10(2)7-12/h4-6,10H,7-8H2,1-3H3. The fourth-order valence-corrected chi connectivity index (χ4v) is 1.71. The summed E-state index contributed by atoms with van der Waals surface area (Å²) in [4.78, 5) is 6.76. The summed E-state index contributed by atoms with van der Waals surface area (Å²) in [5.74, 6) is 0. The van der Waals surface area contributed by atoms with E-state index in [-0.39, 0.29) is 0 Å². The number of alkyl halides is 1. The van der Waals surface area contributed by atoms with E-state index in [1.54, 1.807) is 0 Å². The molecule has 0 saturated heterocycles. The Bertz CT molecular complexity index is 288. The first-order chi connectivity index (χ1) is 6.63. The van der Waals surface area contributed by atoms with E-state index in [1.807, 2.05) is 13.0 Å². The van der Waals surface area contributed by atoms with Crippen molar-refractivity contribution in [2.45, 2.75) is 26.4 Å². The number of hydrogen-bond donors (Lipinski definition) is 0. The van der Waals surface area contributed by atoms with E-state index in [2.05, 4.69) is 51.9 Å². The van der Waals surface area contributed by atoms with E-state index >= 15 is 0 Å². The summed E-state index contributed by atoms with van der Waals surface area (Å²) in [7, 11) is 2.12. The normalized spacial score (nSPS) is 13.2. The van der Waals surface area contributed by atoms with Crippen molar-refractivity contribution in [2.24, 2.45) is 0 Å². The Morgan fingerprint density at radius 3 is 2.79 bits per heavy atom. The maximum Gasteiger partial charge on any atom is 0.0547 e. The number of rotatable bonds is 4. The summed E-state index contributed by atoms with van der Waals surface area (Å²) in [6.07, 6.45) is 0. The van der Waals surface area contributed by atoms with Crippen molar-refractivity contribution in [3.63, 3.8) is 0 Å². The molecule has 1 atom stereocenters. The predicted octanol–water partition coefficient (Wildman–Crippen LogP) is 2.61. The zero-order valence-corrected chi connectivity index (χ0v) is 10.6. The van der Waals surface area contributed by atoms with Crippen LogP contribution in [0.2, 0.25) is 0 Å². The summed E-state index contributed by atoms with van der Waals surface area (Å²) < 4.78 is 0. The molecule has 0 saturated carbocycles. The van der Waals surface area contributed by atoms with E-state index in [0.717, 1.165) is 23.3 Å². The molecule has 1 heterocycles. The third kappa shape index (κ3) is 3.39. The molecule has 0 N–H and O–H groups in total. The molecule has 0 radical (unpaired) electrons. The largest absolute Gasteiger partial charge is 0.297 e. The zero-order valence-electron chi connectivity index (χ0n) is 9.00. The van der Waals surface area contributed by atoms with E-state index < -0.39 is 0 Å². The second-order valence-electron chi connectivity index (χ2n) is 3.69. The fraction of sp³-hybridized carbons (Fsp3) is 0.545. The molecule has 1 rings (SSSR count). The second kappa shape index (κ2) is 5.47. The van der Waals surface area contributed by atoms with Gasteiger partial charge < -0.3 is 0 Å². The maximum atomic E-state index is 4.47. The van der Waals surface area contributed by atoms with Crippen molar-refractivity contribution in [3.8, 4) is 0 Å². The van der Waals surface area contributed by atoms with Gasteiger partial charge in [0.25, 0.3) is 0 Å². The first-order valence-corrected chi connectivity index (χ1v) is 5.94. The van der Waals surface area contributed by atoms with Crippen LogP contribution in [0.1, 0.15) is 18.3 Å². The molecule has 0 spiro atoms. The quantitative estimate of drug-likeness (QED) is 0.771. The van der Waals surface area contributed by atoms with Crippen LogP contribution in [-0.2, 0) is 6.54 Å². The van der Waals surface area contributed by atoms with Gasteiger partial charge >= 0.3 is 0 Å². The molecule has 0 aliphatic rings. The smallest absolute Gasteiger partial charge is 0.0547 e. The number of aromatic nitrogens is 1. The average molecular weight is 257 g/mol. The minimum absolute atomic E-state index is 0.539. The molecule has 3 heteroatoms. The Balaban J connectivity index is 2.60. The van der Waals surface area contributed by atoms with E-state index in [4.69, 9.17) is 0 Å². The van der Waals surface area contributed by atoms with Crippen molar-refractivity contribution >= 4 is 15.9 Å². The van der Waals surface area contributed by atoms with Crippen LogP contribution in [0.15, 0.2) is 18.2 Å². The topological polar surface area (TPSA) is 16.1 Å². The van der Waals surface area contributed by atoms with Crippen molar-refractivity contribution < 1.29 is 0 Å². The van der Waals surface area contributed by atoms with Gasteiger partial charge in [-0.1, -0.05) is 22.0 Å². The SMILES string of the molecule is Cc1cccc(CN(C)C(C)CBr)n1. The lowest BCUT2D eigenvalue weighted by molar-refractivity contribution is 0.267. The molecular formula is C11H17BrN2. The molecule has 0 amide bonds. The molecule has 0 bridgehead atoms. The molecule has 1 unspecified atom stereocenters. The number of pyridine rings is 1. The molecule has 0 aliphatic carbocycles. The average Bonchev–Trinajstić information content (AvgIpc) is 2.16. The van der Waals surface area contributed by atoms with E-state index in [9.17, 15) is 0 Å². The molecule has 14 heavy (non-hydrogen) atoms. The van der Waals surface area contributed by atoms with Crippen LogP contribution in [0.4, 0.5) is 0 Å². The number of aryl methyl sites for hydroxylation is 1. The molecular weight excluding hydrogens is 240 g/mol. The Morgan fingerprint density at radius 2 is 2.21 bits per heavy atom. The van der Waals surface area contributed by atoms with E-state index in [1.165, 1.54) is 0 Å². The van der Waals surface area contributed by atoms with Gasteiger partial charge in [-0.05, 0) is 33.0 Å². The molecule has 2 nitrogen and oxygen atoms in total. The third-order valence-electron chi connectivity index (χ3n) is 2.33.